The minimum Gasteiger partial charge on any atom is -0.352 e. The van der Waals surface area contributed by atoms with Gasteiger partial charge in [0.1, 0.15) is 11.9 Å². The summed E-state index contributed by atoms with van der Waals surface area (Å²) in [7, 11) is 0. The van der Waals surface area contributed by atoms with Crippen LogP contribution >= 0.6 is 11.8 Å². The molecule has 31 heavy (non-hydrogen) atoms. The van der Waals surface area contributed by atoms with Crippen LogP contribution in [0.4, 0.5) is 4.39 Å². The van der Waals surface area contributed by atoms with Gasteiger partial charge in [0.25, 0.3) is 0 Å². The van der Waals surface area contributed by atoms with E-state index in [0.717, 1.165) is 23.3 Å². The summed E-state index contributed by atoms with van der Waals surface area (Å²) >= 11 is 1.54. The molecule has 0 unspecified atom stereocenters. The molecule has 0 heterocycles. The van der Waals surface area contributed by atoms with Crippen molar-refractivity contribution in [2.45, 2.75) is 64.9 Å². The van der Waals surface area contributed by atoms with Crippen molar-refractivity contribution in [3.8, 4) is 0 Å². The van der Waals surface area contributed by atoms with Crippen molar-refractivity contribution in [1.82, 2.24) is 10.2 Å². The van der Waals surface area contributed by atoms with Gasteiger partial charge < -0.3 is 10.2 Å². The monoisotopic (exact) mass is 444 g/mol. The molecule has 4 nitrogen and oxygen atoms in total. The van der Waals surface area contributed by atoms with Gasteiger partial charge in [-0.3, -0.25) is 9.59 Å². The van der Waals surface area contributed by atoms with Crippen molar-refractivity contribution in [3.05, 3.63) is 71.0 Å². The molecule has 2 rings (SSSR count). The van der Waals surface area contributed by atoms with Gasteiger partial charge >= 0.3 is 0 Å². The summed E-state index contributed by atoms with van der Waals surface area (Å²) in [5.41, 5.74) is 3.16. The number of amides is 2. The van der Waals surface area contributed by atoms with Crippen molar-refractivity contribution < 1.29 is 14.0 Å². The normalized spacial score (nSPS) is 12.8. The molecule has 2 aromatic carbocycles. The second-order valence-electron chi connectivity index (χ2n) is 7.87. The lowest BCUT2D eigenvalue weighted by Crippen LogP contribution is -2.51. The van der Waals surface area contributed by atoms with Crippen LogP contribution in [0.3, 0.4) is 0 Å². The number of nitrogens with one attached hydrogen (secondary N) is 1. The summed E-state index contributed by atoms with van der Waals surface area (Å²) in [4.78, 5) is 27.7. The maximum absolute atomic E-state index is 13.3. The summed E-state index contributed by atoms with van der Waals surface area (Å²) in [6, 6.07) is 13.8. The van der Waals surface area contributed by atoms with Crippen molar-refractivity contribution in [2.75, 3.05) is 5.75 Å². The minimum absolute atomic E-state index is 0.0419. The van der Waals surface area contributed by atoms with Crippen molar-refractivity contribution >= 4 is 23.6 Å². The van der Waals surface area contributed by atoms with E-state index in [1.165, 1.54) is 29.5 Å². The third-order valence-electron chi connectivity index (χ3n) is 5.27. The van der Waals surface area contributed by atoms with Gasteiger partial charge in [0.05, 0.1) is 5.75 Å². The van der Waals surface area contributed by atoms with Gasteiger partial charge in [-0.1, -0.05) is 55.8 Å². The molecule has 0 aliphatic carbocycles. The van der Waals surface area contributed by atoms with Crippen LogP contribution in [0.15, 0.2) is 48.5 Å². The number of halogens is 1. The highest BCUT2D eigenvalue weighted by Crippen LogP contribution is 2.18. The van der Waals surface area contributed by atoms with E-state index in [0.29, 0.717) is 6.42 Å². The Morgan fingerprint density at radius 3 is 2.19 bits per heavy atom. The summed E-state index contributed by atoms with van der Waals surface area (Å²) in [5, 5.41) is 3.00. The number of hydrogen-bond acceptors (Lipinski definition) is 3. The molecule has 0 fully saturated rings. The predicted octanol–water partition coefficient (Wildman–Crippen LogP) is 5.09. The zero-order valence-electron chi connectivity index (χ0n) is 18.9. The lowest BCUT2D eigenvalue weighted by molar-refractivity contribution is -0.139. The molecule has 2 amide bonds. The van der Waals surface area contributed by atoms with Gasteiger partial charge in [0, 0.05) is 18.3 Å². The van der Waals surface area contributed by atoms with Crippen molar-refractivity contribution in [1.29, 1.82) is 0 Å². The van der Waals surface area contributed by atoms with E-state index in [-0.39, 0.29) is 36.0 Å². The smallest absolute Gasteiger partial charge is 0.243 e. The standard InChI is InChI=1S/C25H33FN2O2S/c1-5-19(4)27-25(30)23(6-2)28(15-20-11-13-22(26)14-12-20)24(29)17-31-16-21-9-7-18(3)8-10-21/h7-14,19,23H,5-6,15-17H2,1-4H3,(H,27,30)/t19-,23-/m1/s1. The van der Waals surface area contributed by atoms with Gasteiger partial charge in [-0.25, -0.2) is 4.39 Å². The van der Waals surface area contributed by atoms with E-state index >= 15 is 0 Å². The molecule has 0 bridgehead atoms. The summed E-state index contributed by atoms with van der Waals surface area (Å²) in [5.74, 6) is 0.453. The fraction of sp³-hybridized carbons (Fsp3) is 0.440. The average Bonchev–Trinajstić information content (AvgIpc) is 2.76. The molecule has 0 saturated carbocycles. The first-order valence-electron chi connectivity index (χ1n) is 10.8. The average molecular weight is 445 g/mol. The van der Waals surface area contributed by atoms with E-state index in [1.807, 2.05) is 27.7 Å². The second kappa shape index (κ2) is 12.5. The SMILES string of the molecule is CC[C@@H](C)NC(=O)[C@@H](CC)N(Cc1ccc(F)cc1)C(=O)CSCc1ccc(C)cc1. The quantitative estimate of drug-likeness (QED) is 0.525. The van der Waals surface area contributed by atoms with Gasteiger partial charge in [-0.2, -0.15) is 0 Å². The Kier molecular flexibility index (Phi) is 10.0. The highest BCUT2D eigenvalue weighted by atomic mass is 32.2. The highest BCUT2D eigenvalue weighted by Gasteiger charge is 2.29. The maximum atomic E-state index is 13.3. The lowest BCUT2D eigenvalue weighted by Gasteiger charge is -2.31. The van der Waals surface area contributed by atoms with E-state index in [9.17, 15) is 14.0 Å². The zero-order chi connectivity index (χ0) is 22.8. The molecule has 6 heteroatoms. The largest absolute Gasteiger partial charge is 0.352 e. The Morgan fingerprint density at radius 2 is 1.61 bits per heavy atom. The van der Waals surface area contributed by atoms with Crippen LogP contribution in [0.5, 0.6) is 0 Å². The molecule has 0 aromatic heterocycles. The summed E-state index contributed by atoms with van der Waals surface area (Å²) in [6.45, 7) is 8.19. The van der Waals surface area contributed by atoms with Crippen LogP contribution in [-0.4, -0.2) is 34.6 Å². The molecule has 0 radical (unpaired) electrons. The number of aryl methyl sites for hydroxylation is 1. The Labute approximate surface area is 189 Å². The molecule has 1 N–H and O–H groups in total. The zero-order valence-corrected chi connectivity index (χ0v) is 19.7. The third kappa shape index (κ3) is 8.02. The van der Waals surface area contributed by atoms with E-state index in [1.54, 1.807) is 17.0 Å². The number of carbonyl (C=O) groups is 2. The van der Waals surface area contributed by atoms with Crippen LogP contribution in [0.25, 0.3) is 0 Å². The first-order valence-corrected chi connectivity index (χ1v) is 12.0. The number of rotatable bonds is 11. The molecule has 168 valence electrons. The molecule has 0 aliphatic heterocycles. The van der Waals surface area contributed by atoms with E-state index in [4.69, 9.17) is 0 Å². The number of thioether (sulfide) groups is 1. The van der Waals surface area contributed by atoms with Gasteiger partial charge in [-0.15, -0.1) is 11.8 Å². The van der Waals surface area contributed by atoms with Crippen LogP contribution in [-0.2, 0) is 21.9 Å². The Bertz CT molecular complexity index is 840. The molecule has 0 spiro atoms. The topological polar surface area (TPSA) is 49.4 Å². The Balaban J connectivity index is 2.12. The number of nitrogens with zero attached hydrogens (tertiary/aromatic N) is 1. The predicted molar refractivity (Wildman–Crippen MR) is 126 cm³/mol. The fourth-order valence-electron chi connectivity index (χ4n) is 3.17. The first-order chi connectivity index (χ1) is 14.8. The molecular formula is C25H33FN2O2S. The molecule has 2 aromatic rings. The molecule has 2 atom stereocenters. The third-order valence-corrected chi connectivity index (χ3v) is 6.26. The Morgan fingerprint density at radius 1 is 1.00 bits per heavy atom. The fourth-order valence-corrected chi connectivity index (χ4v) is 4.04. The van der Waals surface area contributed by atoms with Crippen LogP contribution in [0.2, 0.25) is 0 Å². The van der Waals surface area contributed by atoms with E-state index in [2.05, 4.69) is 29.6 Å². The summed E-state index contributed by atoms with van der Waals surface area (Å²) in [6.07, 6.45) is 1.33. The second-order valence-corrected chi connectivity index (χ2v) is 8.85. The van der Waals surface area contributed by atoms with Crippen molar-refractivity contribution in [2.24, 2.45) is 0 Å². The van der Waals surface area contributed by atoms with E-state index < -0.39 is 6.04 Å². The number of carbonyl (C=O) groups excluding carboxylic acids is 2. The van der Waals surface area contributed by atoms with Gasteiger partial charge in [-0.05, 0) is 49.9 Å². The van der Waals surface area contributed by atoms with Crippen LogP contribution < -0.4 is 5.32 Å². The van der Waals surface area contributed by atoms with Crippen LogP contribution in [0.1, 0.15) is 50.3 Å². The Hall–Kier alpha value is -2.34. The molecule has 0 aliphatic rings. The maximum Gasteiger partial charge on any atom is 0.243 e. The highest BCUT2D eigenvalue weighted by molar-refractivity contribution is 7.99. The lowest BCUT2D eigenvalue weighted by atomic mass is 10.1. The summed E-state index contributed by atoms with van der Waals surface area (Å²) < 4.78 is 13.3. The van der Waals surface area contributed by atoms with Crippen LogP contribution in [0, 0.1) is 12.7 Å². The first kappa shape index (κ1) is 24.9. The number of benzene rings is 2. The van der Waals surface area contributed by atoms with Crippen molar-refractivity contribution in [3.63, 3.8) is 0 Å². The molecule has 0 saturated heterocycles. The van der Waals surface area contributed by atoms with Gasteiger partial charge in [0.2, 0.25) is 11.8 Å². The number of hydrogen-bond donors (Lipinski definition) is 1. The minimum atomic E-state index is -0.563. The van der Waals surface area contributed by atoms with Gasteiger partial charge in [0.15, 0.2) is 0 Å². The molecular weight excluding hydrogens is 411 g/mol.